The lowest BCUT2D eigenvalue weighted by Gasteiger charge is -2.31. The third-order valence-electron chi connectivity index (χ3n) is 7.73. The highest BCUT2D eigenvalue weighted by Crippen LogP contribution is 2.33. The molecule has 1 saturated carbocycles. The van der Waals surface area contributed by atoms with Gasteiger partial charge in [-0.05, 0) is 61.8 Å². The Balaban J connectivity index is 1.08. The minimum atomic E-state index is -1.43. The maximum atomic E-state index is 13.1. The largest absolute Gasteiger partial charge is 0.387 e. The van der Waals surface area contributed by atoms with Crippen molar-refractivity contribution in [1.29, 1.82) is 0 Å². The van der Waals surface area contributed by atoms with Crippen molar-refractivity contribution in [1.82, 2.24) is 29.7 Å². The number of urea groups is 1. The summed E-state index contributed by atoms with van der Waals surface area (Å²) in [5.41, 5.74) is 7.19. The number of nitrogen functional groups attached to an aromatic ring is 1. The number of aliphatic hydroxyl groups is 2. The molecule has 3 fully saturated rings. The number of anilines is 2. The maximum Gasteiger partial charge on any atom is 0.321 e. The van der Waals surface area contributed by atoms with Crippen LogP contribution in [0.3, 0.4) is 0 Å². The number of piperidine rings is 1. The average Bonchev–Trinajstić information content (AvgIpc) is 3.61. The van der Waals surface area contributed by atoms with E-state index >= 15 is 0 Å². The van der Waals surface area contributed by atoms with E-state index in [1.807, 2.05) is 0 Å². The Kier molecular flexibility index (Phi) is 7.63. The van der Waals surface area contributed by atoms with E-state index in [1.54, 1.807) is 4.90 Å². The lowest BCUT2D eigenvalue weighted by molar-refractivity contribution is -0.137. The van der Waals surface area contributed by atoms with E-state index < -0.39 is 30.4 Å². The highest BCUT2D eigenvalue weighted by molar-refractivity contribution is 5.89. The van der Waals surface area contributed by atoms with E-state index in [0.29, 0.717) is 25.2 Å². The number of rotatable bonds is 5. The number of carbonyl (C=O) groups excluding carboxylic acids is 2. The summed E-state index contributed by atoms with van der Waals surface area (Å²) in [6.45, 7) is 1.15. The molecule has 1 aromatic carbocycles. The zero-order valence-corrected chi connectivity index (χ0v) is 22.6. The summed E-state index contributed by atoms with van der Waals surface area (Å²) < 4.78 is 20.3. The SMILES string of the molecule is Nc1nc(C#CCC2CCN(C(=O)Nc3ccc(F)cc3)CC2)nc2c1ncn2[C@@H]1O[C@H](C(=O)NC2CC2)C(O)C1O. The molecule has 3 aromatic rings. The average molecular weight is 579 g/mol. The minimum Gasteiger partial charge on any atom is -0.387 e. The molecule has 0 bridgehead atoms. The number of imidazole rings is 1. The Morgan fingerprint density at radius 1 is 1.10 bits per heavy atom. The van der Waals surface area contributed by atoms with Crippen molar-refractivity contribution < 1.29 is 28.9 Å². The van der Waals surface area contributed by atoms with E-state index in [2.05, 4.69) is 37.4 Å². The van der Waals surface area contributed by atoms with Gasteiger partial charge in [-0.25, -0.2) is 24.1 Å². The number of aliphatic hydroxyl groups excluding tert-OH is 2. The van der Waals surface area contributed by atoms with Crippen molar-refractivity contribution in [3.8, 4) is 11.8 Å². The second-order valence-electron chi connectivity index (χ2n) is 10.8. The minimum absolute atomic E-state index is 0.0760. The summed E-state index contributed by atoms with van der Waals surface area (Å²) in [7, 11) is 0. The van der Waals surface area contributed by atoms with Gasteiger partial charge < -0.3 is 36.2 Å². The van der Waals surface area contributed by atoms with Crippen LogP contribution < -0.4 is 16.4 Å². The third-order valence-corrected chi connectivity index (χ3v) is 7.73. The molecule has 0 radical (unpaired) electrons. The predicted molar refractivity (Wildman–Crippen MR) is 148 cm³/mol. The number of amides is 3. The molecule has 2 saturated heterocycles. The first kappa shape index (κ1) is 27.8. The number of hydrogen-bond donors (Lipinski definition) is 5. The van der Waals surface area contributed by atoms with Crippen LogP contribution in [0.2, 0.25) is 0 Å². The van der Waals surface area contributed by atoms with Gasteiger partial charge in [-0.1, -0.05) is 5.92 Å². The fraction of sp³-hybridized carbons (Fsp3) is 0.464. The van der Waals surface area contributed by atoms with Gasteiger partial charge in [-0.15, -0.1) is 0 Å². The number of benzene rings is 1. The standard InChI is InChI=1S/C28H31FN8O5/c29-16-4-6-18(7-5-16)33-28(41)36-12-10-15(11-13-36)2-1-3-19-34-24(30)20-25(35-19)37(14-31-20)27-22(39)21(38)23(42-27)26(40)32-17-8-9-17/h4-7,14-15,17,21-23,27,38-39H,2,8-13H2,(H,32,40)(H,33,41)(H2,30,34,35)/t21?,22?,23-,27+/m0/s1. The van der Waals surface area contributed by atoms with Gasteiger partial charge in [0.05, 0.1) is 6.33 Å². The molecular weight excluding hydrogens is 547 g/mol. The molecule has 2 unspecified atom stereocenters. The van der Waals surface area contributed by atoms with Crippen LogP contribution in [0.15, 0.2) is 30.6 Å². The van der Waals surface area contributed by atoms with Crippen molar-refractivity contribution >= 4 is 34.6 Å². The molecule has 2 aliphatic heterocycles. The molecule has 2 aromatic heterocycles. The maximum absolute atomic E-state index is 13.1. The van der Waals surface area contributed by atoms with E-state index in [4.69, 9.17) is 10.5 Å². The van der Waals surface area contributed by atoms with Gasteiger partial charge in [0.25, 0.3) is 5.91 Å². The van der Waals surface area contributed by atoms with Gasteiger partial charge in [0.1, 0.15) is 23.5 Å². The number of nitrogens with two attached hydrogens (primary N) is 1. The summed E-state index contributed by atoms with van der Waals surface area (Å²) >= 11 is 0. The number of fused-ring (bicyclic) bond motifs is 1. The highest BCUT2D eigenvalue weighted by Gasteiger charge is 2.48. The number of aromatic nitrogens is 4. The van der Waals surface area contributed by atoms with Crippen LogP contribution in [0.5, 0.6) is 0 Å². The molecule has 14 heteroatoms. The van der Waals surface area contributed by atoms with Crippen molar-refractivity contribution in [3.63, 3.8) is 0 Å². The lowest BCUT2D eigenvalue weighted by Crippen LogP contribution is -2.43. The molecule has 220 valence electrons. The molecule has 13 nitrogen and oxygen atoms in total. The molecule has 6 rings (SSSR count). The second-order valence-corrected chi connectivity index (χ2v) is 10.8. The molecule has 4 heterocycles. The molecule has 3 aliphatic rings. The van der Waals surface area contributed by atoms with Crippen LogP contribution in [-0.2, 0) is 9.53 Å². The summed E-state index contributed by atoms with van der Waals surface area (Å²) in [6, 6.07) is 5.49. The van der Waals surface area contributed by atoms with E-state index in [9.17, 15) is 24.2 Å². The molecule has 4 atom stereocenters. The topological polar surface area (TPSA) is 181 Å². The number of likely N-dealkylation sites (tertiary alicyclic amines) is 1. The van der Waals surface area contributed by atoms with Gasteiger partial charge >= 0.3 is 6.03 Å². The Bertz CT molecular complexity index is 1540. The van der Waals surface area contributed by atoms with Crippen molar-refractivity contribution in [2.45, 2.75) is 62.7 Å². The smallest absolute Gasteiger partial charge is 0.321 e. The molecule has 6 N–H and O–H groups in total. The first-order valence-corrected chi connectivity index (χ1v) is 13.9. The predicted octanol–water partition coefficient (Wildman–Crippen LogP) is 1.13. The normalized spacial score (nSPS) is 24.3. The zero-order chi connectivity index (χ0) is 29.4. The van der Waals surface area contributed by atoms with E-state index in [1.165, 1.54) is 35.2 Å². The fourth-order valence-electron chi connectivity index (χ4n) is 5.15. The summed E-state index contributed by atoms with van der Waals surface area (Å²) in [6.07, 6.45) is 0.0737. The van der Waals surface area contributed by atoms with Crippen molar-refractivity contribution in [2.75, 3.05) is 24.1 Å². The van der Waals surface area contributed by atoms with Crippen LogP contribution in [0, 0.1) is 23.6 Å². The number of halogens is 1. The van der Waals surface area contributed by atoms with Crippen molar-refractivity contribution in [2.24, 2.45) is 5.92 Å². The van der Waals surface area contributed by atoms with Crippen LogP contribution in [0.25, 0.3) is 11.2 Å². The molecule has 1 aliphatic carbocycles. The lowest BCUT2D eigenvalue weighted by atomic mass is 9.94. The molecule has 42 heavy (non-hydrogen) atoms. The number of carbonyl (C=O) groups is 2. The first-order valence-electron chi connectivity index (χ1n) is 13.9. The van der Waals surface area contributed by atoms with Gasteiger partial charge in [-0.2, -0.15) is 0 Å². The van der Waals surface area contributed by atoms with Gasteiger partial charge in [0, 0.05) is 31.2 Å². The first-order chi connectivity index (χ1) is 20.3. The number of nitrogens with one attached hydrogen (secondary N) is 2. The van der Waals surface area contributed by atoms with Crippen LogP contribution in [-0.4, -0.2) is 84.0 Å². The van der Waals surface area contributed by atoms with Crippen LogP contribution in [0.1, 0.15) is 44.2 Å². The van der Waals surface area contributed by atoms with Crippen LogP contribution in [0.4, 0.5) is 20.7 Å². The van der Waals surface area contributed by atoms with Gasteiger partial charge in [0.15, 0.2) is 23.8 Å². The number of ether oxygens (including phenoxy) is 1. The van der Waals surface area contributed by atoms with Gasteiger partial charge in [-0.3, -0.25) is 9.36 Å². The Labute approximate surface area is 240 Å². The van der Waals surface area contributed by atoms with E-state index in [0.717, 1.165) is 25.7 Å². The Morgan fingerprint density at radius 3 is 2.55 bits per heavy atom. The van der Waals surface area contributed by atoms with E-state index in [-0.39, 0.29) is 46.6 Å². The summed E-state index contributed by atoms with van der Waals surface area (Å²) in [5, 5.41) is 26.7. The number of nitrogens with zero attached hydrogens (tertiary/aromatic N) is 5. The highest BCUT2D eigenvalue weighted by atomic mass is 19.1. The summed E-state index contributed by atoms with van der Waals surface area (Å²) in [5.74, 6) is 5.75. The van der Waals surface area contributed by atoms with Gasteiger partial charge in [0.2, 0.25) is 5.82 Å². The second kappa shape index (κ2) is 11.5. The Morgan fingerprint density at radius 2 is 1.83 bits per heavy atom. The third kappa shape index (κ3) is 5.85. The monoisotopic (exact) mass is 578 g/mol. The molecule has 3 amide bonds. The molecule has 0 spiro atoms. The summed E-state index contributed by atoms with van der Waals surface area (Å²) in [4.78, 5) is 39.7. The number of hydrogen-bond acceptors (Lipinski definition) is 9. The molecular formula is C28H31FN8O5. The quantitative estimate of drug-likeness (QED) is 0.277. The van der Waals surface area contributed by atoms with Crippen LogP contribution >= 0.6 is 0 Å². The Hall–Kier alpha value is -4.32. The fourth-order valence-corrected chi connectivity index (χ4v) is 5.15. The zero-order valence-electron chi connectivity index (χ0n) is 22.6. The van der Waals surface area contributed by atoms with Crippen molar-refractivity contribution in [3.05, 3.63) is 42.2 Å².